The summed E-state index contributed by atoms with van der Waals surface area (Å²) in [5.41, 5.74) is 0.949. The molecule has 0 saturated carbocycles. The molecule has 1 aromatic rings. The lowest BCUT2D eigenvalue weighted by Crippen LogP contribution is -2.39. The minimum Gasteiger partial charge on any atom is -0.460 e. The number of benzene rings is 1. The van der Waals surface area contributed by atoms with Gasteiger partial charge in [-0.05, 0) is 12.0 Å². The van der Waals surface area contributed by atoms with Gasteiger partial charge in [0.05, 0.1) is 12.6 Å². The van der Waals surface area contributed by atoms with Gasteiger partial charge in [0, 0.05) is 6.54 Å². The first kappa shape index (κ1) is 12.6. The van der Waals surface area contributed by atoms with Gasteiger partial charge >= 0.3 is 5.97 Å². The number of hydrogen-bond acceptors (Lipinski definition) is 4. The predicted octanol–water partition coefficient (Wildman–Crippen LogP) is 0.208. The monoisotopic (exact) mass is 248 g/mol. The Labute approximate surface area is 106 Å². The average molecular weight is 248 g/mol. The van der Waals surface area contributed by atoms with Gasteiger partial charge in [0.15, 0.2) is 0 Å². The molecule has 0 spiro atoms. The van der Waals surface area contributed by atoms with Crippen molar-refractivity contribution in [2.45, 2.75) is 19.1 Å². The van der Waals surface area contributed by atoms with Crippen LogP contribution in [0, 0.1) is 0 Å². The maximum atomic E-state index is 11.5. The van der Waals surface area contributed by atoms with E-state index in [1.165, 1.54) is 0 Å². The molecule has 1 aliphatic rings. The standard InChI is InChI=1S/C13H16N2O3/c16-12(8-15-11-6-7-14-13(11)17)18-9-10-4-2-1-3-5-10/h1-5,11,15H,6-9H2,(H,14,17). The summed E-state index contributed by atoms with van der Waals surface area (Å²) in [5.74, 6) is -0.399. The first-order chi connectivity index (χ1) is 8.75. The Hall–Kier alpha value is -1.88. The summed E-state index contributed by atoms with van der Waals surface area (Å²) in [6, 6.07) is 9.21. The Morgan fingerprint density at radius 2 is 2.17 bits per heavy atom. The number of hydrogen-bond donors (Lipinski definition) is 2. The molecule has 2 rings (SSSR count). The van der Waals surface area contributed by atoms with Crippen molar-refractivity contribution in [3.8, 4) is 0 Å². The predicted molar refractivity (Wildman–Crippen MR) is 65.7 cm³/mol. The van der Waals surface area contributed by atoms with E-state index in [1.807, 2.05) is 30.3 Å². The highest BCUT2D eigenvalue weighted by Gasteiger charge is 2.23. The maximum absolute atomic E-state index is 11.5. The zero-order chi connectivity index (χ0) is 12.8. The van der Waals surface area contributed by atoms with Crippen molar-refractivity contribution in [2.24, 2.45) is 0 Å². The summed E-state index contributed by atoms with van der Waals surface area (Å²) in [5, 5.41) is 5.58. The number of rotatable bonds is 5. The van der Waals surface area contributed by atoms with Gasteiger partial charge in [0.25, 0.3) is 0 Å². The molecule has 1 unspecified atom stereocenters. The van der Waals surface area contributed by atoms with Gasteiger partial charge in [-0.2, -0.15) is 0 Å². The van der Waals surface area contributed by atoms with Gasteiger partial charge in [-0.15, -0.1) is 0 Å². The maximum Gasteiger partial charge on any atom is 0.320 e. The van der Waals surface area contributed by atoms with Crippen LogP contribution in [0.15, 0.2) is 30.3 Å². The molecule has 1 saturated heterocycles. The first-order valence-electron chi connectivity index (χ1n) is 5.96. The van der Waals surface area contributed by atoms with Crippen LogP contribution in [-0.2, 0) is 20.9 Å². The van der Waals surface area contributed by atoms with Gasteiger partial charge in [0.2, 0.25) is 5.91 Å². The minimum absolute atomic E-state index is 0.0501. The molecule has 0 radical (unpaired) electrons. The van der Waals surface area contributed by atoms with Crippen LogP contribution in [0.3, 0.4) is 0 Å². The summed E-state index contributed by atoms with van der Waals surface area (Å²) < 4.78 is 5.09. The van der Waals surface area contributed by atoms with Crippen molar-refractivity contribution in [3.05, 3.63) is 35.9 Å². The van der Waals surface area contributed by atoms with E-state index in [0.717, 1.165) is 5.56 Å². The summed E-state index contributed by atoms with van der Waals surface area (Å²) in [6.45, 7) is 0.985. The van der Waals surface area contributed by atoms with E-state index in [4.69, 9.17) is 4.74 Å². The summed E-state index contributed by atoms with van der Waals surface area (Å²) in [4.78, 5) is 22.7. The second-order valence-corrected chi connectivity index (χ2v) is 4.16. The molecule has 1 fully saturated rings. The van der Waals surface area contributed by atoms with Gasteiger partial charge in [-0.25, -0.2) is 0 Å². The average Bonchev–Trinajstić information content (AvgIpc) is 2.81. The summed E-state index contributed by atoms with van der Waals surface area (Å²) in [6.07, 6.45) is 0.713. The normalized spacial score (nSPS) is 18.4. The SMILES string of the molecule is O=C(CNC1CCNC1=O)OCc1ccccc1. The molecule has 5 heteroatoms. The van der Waals surface area contributed by atoms with Crippen molar-refractivity contribution >= 4 is 11.9 Å². The van der Waals surface area contributed by atoms with E-state index < -0.39 is 0 Å². The summed E-state index contributed by atoms with van der Waals surface area (Å²) >= 11 is 0. The van der Waals surface area contributed by atoms with Crippen LogP contribution in [-0.4, -0.2) is 31.0 Å². The highest BCUT2D eigenvalue weighted by molar-refractivity contribution is 5.84. The molecular formula is C13H16N2O3. The zero-order valence-corrected chi connectivity index (χ0v) is 10.0. The lowest BCUT2D eigenvalue weighted by atomic mass is 10.2. The largest absolute Gasteiger partial charge is 0.460 e. The number of nitrogens with one attached hydrogen (secondary N) is 2. The number of amides is 1. The smallest absolute Gasteiger partial charge is 0.320 e. The second kappa shape index (κ2) is 6.16. The van der Waals surface area contributed by atoms with E-state index in [-0.39, 0.29) is 31.1 Å². The number of carbonyl (C=O) groups excluding carboxylic acids is 2. The Bertz CT molecular complexity index is 420. The van der Waals surface area contributed by atoms with Gasteiger partial charge < -0.3 is 10.1 Å². The fraction of sp³-hybridized carbons (Fsp3) is 0.385. The molecule has 1 aliphatic heterocycles. The molecule has 1 heterocycles. The van der Waals surface area contributed by atoms with Crippen LogP contribution in [0.5, 0.6) is 0 Å². The van der Waals surface area contributed by atoms with Crippen molar-refractivity contribution in [1.29, 1.82) is 0 Å². The fourth-order valence-corrected chi connectivity index (χ4v) is 1.78. The van der Waals surface area contributed by atoms with Gasteiger partial charge in [-0.1, -0.05) is 30.3 Å². The Morgan fingerprint density at radius 1 is 1.39 bits per heavy atom. The van der Waals surface area contributed by atoms with Gasteiger partial charge in [0.1, 0.15) is 6.61 Å². The Kier molecular flexibility index (Phi) is 4.30. The summed E-state index contributed by atoms with van der Waals surface area (Å²) in [7, 11) is 0. The van der Waals surface area contributed by atoms with Crippen LogP contribution in [0.4, 0.5) is 0 Å². The fourth-order valence-electron chi connectivity index (χ4n) is 1.78. The van der Waals surface area contributed by atoms with Crippen LogP contribution in [0.1, 0.15) is 12.0 Å². The molecule has 5 nitrogen and oxygen atoms in total. The van der Waals surface area contributed by atoms with Crippen LogP contribution in [0.25, 0.3) is 0 Å². The van der Waals surface area contributed by atoms with Crippen molar-refractivity contribution < 1.29 is 14.3 Å². The molecule has 1 atom stereocenters. The third-order valence-electron chi connectivity index (χ3n) is 2.78. The van der Waals surface area contributed by atoms with Crippen molar-refractivity contribution in [1.82, 2.24) is 10.6 Å². The van der Waals surface area contributed by atoms with E-state index in [1.54, 1.807) is 0 Å². The van der Waals surface area contributed by atoms with Crippen molar-refractivity contribution in [3.63, 3.8) is 0 Å². The highest BCUT2D eigenvalue weighted by atomic mass is 16.5. The molecule has 1 aromatic carbocycles. The zero-order valence-electron chi connectivity index (χ0n) is 10.0. The molecule has 0 aliphatic carbocycles. The second-order valence-electron chi connectivity index (χ2n) is 4.16. The molecular weight excluding hydrogens is 232 g/mol. The minimum atomic E-state index is -0.349. The first-order valence-corrected chi connectivity index (χ1v) is 5.96. The molecule has 96 valence electrons. The topological polar surface area (TPSA) is 67.4 Å². The van der Waals surface area contributed by atoms with Crippen molar-refractivity contribution in [2.75, 3.05) is 13.1 Å². The third kappa shape index (κ3) is 3.56. The molecule has 0 bridgehead atoms. The van der Waals surface area contributed by atoms with Crippen LogP contribution < -0.4 is 10.6 Å². The van der Waals surface area contributed by atoms with Crippen LogP contribution >= 0.6 is 0 Å². The van der Waals surface area contributed by atoms with E-state index >= 15 is 0 Å². The third-order valence-corrected chi connectivity index (χ3v) is 2.78. The van der Waals surface area contributed by atoms with E-state index in [9.17, 15) is 9.59 Å². The Morgan fingerprint density at radius 3 is 2.83 bits per heavy atom. The highest BCUT2D eigenvalue weighted by Crippen LogP contribution is 2.01. The quantitative estimate of drug-likeness (QED) is 0.731. The van der Waals surface area contributed by atoms with Crippen LogP contribution in [0.2, 0.25) is 0 Å². The Balaban J connectivity index is 1.68. The molecule has 18 heavy (non-hydrogen) atoms. The van der Waals surface area contributed by atoms with E-state index in [0.29, 0.717) is 13.0 Å². The number of ether oxygens (including phenoxy) is 1. The number of carbonyl (C=O) groups is 2. The van der Waals surface area contributed by atoms with Gasteiger partial charge in [-0.3, -0.25) is 14.9 Å². The lowest BCUT2D eigenvalue weighted by Gasteiger charge is -2.09. The molecule has 1 amide bonds. The van der Waals surface area contributed by atoms with E-state index in [2.05, 4.69) is 10.6 Å². The molecule has 2 N–H and O–H groups in total. The number of esters is 1. The lowest BCUT2D eigenvalue weighted by molar-refractivity contribution is -0.144. The molecule has 0 aromatic heterocycles.